The van der Waals surface area contributed by atoms with Gasteiger partial charge >= 0.3 is 0 Å². The summed E-state index contributed by atoms with van der Waals surface area (Å²) in [6.45, 7) is 3.58. The van der Waals surface area contributed by atoms with Crippen LogP contribution in [-0.2, 0) is 23.0 Å². The molecule has 0 amide bonds. The maximum atomic E-state index is 10.5. The van der Waals surface area contributed by atoms with Gasteiger partial charge in [-0.05, 0) is 43.9 Å². The van der Waals surface area contributed by atoms with Gasteiger partial charge in [-0.2, -0.15) is 0 Å². The highest BCUT2D eigenvalue weighted by atomic mass is 32.2. The molecule has 3 N–H and O–H groups in total. The van der Waals surface area contributed by atoms with Gasteiger partial charge in [0.05, 0.1) is 9.77 Å². The Morgan fingerprint density at radius 1 is 1.26 bits per heavy atom. The molecule has 0 spiro atoms. The van der Waals surface area contributed by atoms with Crippen LogP contribution < -0.4 is 10.5 Å². The van der Waals surface area contributed by atoms with Crippen LogP contribution in [-0.4, -0.2) is 18.1 Å². The van der Waals surface area contributed by atoms with E-state index in [9.17, 15) is 13.0 Å². The van der Waals surface area contributed by atoms with Crippen LogP contribution >= 0.6 is 11.3 Å². The summed E-state index contributed by atoms with van der Waals surface area (Å²) in [5.74, 6) is 5.62. The first-order valence-corrected chi connectivity index (χ1v) is 9.46. The van der Waals surface area contributed by atoms with E-state index in [4.69, 9.17) is 10.9 Å². The van der Waals surface area contributed by atoms with Crippen LogP contribution in [0.5, 0.6) is 5.75 Å². The number of aromatic hydroxyl groups is 1. The second-order valence-corrected chi connectivity index (χ2v) is 8.11. The van der Waals surface area contributed by atoms with E-state index in [0.717, 1.165) is 6.07 Å². The molecule has 0 bridgehead atoms. The Balaban J connectivity index is 0.000000167. The number of aryl methyl sites for hydroxylation is 3. The fourth-order valence-electron chi connectivity index (χ4n) is 2.50. The number of hydrogen-bond donors (Lipinski definition) is 2. The Morgan fingerprint density at radius 3 is 2.48 bits per heavy atom. The van der Waals surface area contributed by atoms with Crippen molar-refractivity contribution in [2.75, 3.05) is 5.84 Å². The van der Waals surface area contributed by atoms with Crippen molar-refractivity contribution in [1.82, 2.24) is 0 Å². The van der Waals surface area contributed by atoms with Gasteiger partial charge in [-0.3, -0.25) is 0 Å². The standard InChI is InChI=1S/C8H13N2S.C7H8O4S/c1-6-10(9)7-4-2-3-5-8(7)11-6;1-5-2-3-6(8)4-7(5)12(9,10)11/h2-5,9H2,1H3;2-4,8H,1H3,(H,9,10,11)/q+1;/p-1. The van der Waals surface area contributed by atoms with Crippen LogP contribution in [0.3, 0.4) is 0 Å². The molecular formula is C15H20N2O4S2. The van der Waals surface area contributed by atoms with Gasteiger partial charge in [0.25, 0.3) is 5.01 Å². The molecule has 6 nitrogen and oxygen atoms in total. The molecule has 1 aromatic carbocycles. The van der Waals surface area contributed by atoms with Gasteiger partial charge in [0.15, 0.2) is 0 Å². The SMILES string of the molecule is Cc1ccc(O)cc1S(=O)(=O)[O-].Cc1sc2c([n+]1N)CCCC2. The highest BCUT2D eigenvalue weighted by Crippen LogP contribution is 2.23. The number of hydrogen-bond acceptors (Lipinski definition) is 6. The van der Waals surface area contributed by atoms with Crippen molar-refractivity contribution in [2.24, 2.45) is 0 Å². The Labute approximate surface area is 139 Å². The number of nitrogens with two attached hydrogens (primary N) is 1. The molecular weight excluding hydrogens is 336 g/mol. The summed E-state index contributed by atoms with van der Waals surface area (Å²) < 4.78 is 33.5. The van der Waals surface area contributed by atoms with Crippen molar-refractivity contribution in [3.05, 3.63) is 39.3 Å². The Bertz CT molecular complexity index is 813. The highest BCUT2D eigenvalue weighted by molar-refractivity contribution is 7.85. The minimum atomic E-state index is -4.47. The summed E-state index contributed by atoms with van der Waals surface area (Å²) in [5.41, 5.74) is 1.71. The average Bonchev–Trinajstić information content (AvgIpc) is 2.77. The molecule has 0 saturated heterocycles. The minimum Gasteiger partial charge on any atom is -0.744 e. The zero-order chi connectivity index (χ0) is 17.2. The Morgan fingerprint density at radius 2 is 1.91 bits per heavy atom. The minimum absolute atomic E-state index is 0.227. The summed E-state index contributed by atoms with van der Waals surface area (Å²) in [6, 6.07) is 3.64. The van der Waals surface area contributed by atoms with Crippen molar-refractivity contribution < 1.29 is 22.8 Å². The summed E-state index contributed by atoms with van der Waals surface area (Å²) in [5, 5.41) is 10.1. The first-order valence-electron chi connectivity index (χ1n) is 7.24. The normalized spacial score (nSPS) is 13.9. The fraction of sp³-hybridized carbons (Fsp3) is 0.400. The monoisotopic (exact) mass is 356 g/mol. The predicted octanol–water partition coefficient (Wildman–Crippen LogP) is 1.54. The van der Waals surface area contributed by atoms with Crippen LogP contribution in [0.2, 0.25) is 0 Å². The van der Waals surface area contributed by atoms with Crippen LogP contribution in [0.15, 0.2) is 23.1 Å². The van der Waals surface area contributed by atoms with Crippen molar-refractivity contribution >= 4 is 21.5 Å². The lowest BCUT2D eigenvalue weighted by molar-refractivity contribution is -0.648. The molecule has 0 atom stereocenters. The number of phenolic OH excluding ortho intramolecular Hbond substituents is 1. The van der Waals surface area contributed by atoms with E-state index in [0.29, 0.717) is 5.56 Å². The van der Waals surface area contributed by atoms with E-state index in [1.165, 1.54) is 60.3 Å². The number of nitrogen functional groups attached to an aromatic ring is 1. The lowest BCUT2D eigenvalue weighted by Gasteiger charge is -2.09. The summed E-state index contributed by atoms with van der Waals surface area (Å²) in [6.07, 6.45) is 5.06. The van der Waals surface area contributed by atoms with E-state index in [1.54, 1.807) is 0 Å². The third-order valence-corrected chi connectivity index (χ3v) is 5.89. The largest absolute Gasteiger partial charge is 0.744 e. The topological polar surface area (TPSA) is 107 Å². The van der Waals surface area contributed by atoms with Gasteiger partial charge in [0.2, 0.25) is 5.69 Å². The zero-order valence-corrected chi connectivity index (χ0v) is 14.7. The van der Waals surface area contributed by atoms with Crippen LogP contribution in [0.25, 0.3) is 0 Å². The molecule has 0 radical (unpaired) electrons. The van der Waals surface area contributed by atoms with Gasteiger partial charge < -0.3 is 9.66 Å². The number of phenols is 1. The average molecular weight is 356 g/mol. The van der Waals surface area contributed by atoms with Crippen LogP contribution in [0.1, 0.15) is 34.0 Å². The number of aromatic nitrogens is 1. The number of rotatable bonds is 1. The van der Waals surface area contributed by atoms with Gasteiger partial charge in [0.1, 0.15) is 15.9 Å². The second-order valence-electron chi connectivity index (χ2n) is 5.47. The molecule has 0 aliphatic heterocycles. The van der Waals surface area contributed by atoms with Gasteiger partial charge in [-0.15, -0.1) is 0 Å². The molecule has 8 heteroatoms. The second kappa shape index (κ2) is 6.86. The van der Waals surface area contributed by atoms with E-state index < -0.39 is 10.1 Å². The zero-order valence-electron chi connectivity index (χ0n) is 13.1. The Kier molecular flexibility index (Phi) is 5.28. The molecule has 0 fully saturated rings. The van der Waals surface area contributed by atoms with Crippen LogP contribution in [0, 0.1) is 13.8 Å². The molecule has 1 heterocycles. The summed E-state index contributed by atoms with van der Waals surface area (Å²) in [7, 11) is -4.47. The molecule has 0 saturated carbocycles. The first kappa shape index (κ1) is 17.7. The first-order chi connectivity index (χ1) is 10.7. The van der Waals surface area contributed by atoms with Crippen LogP contribution in [0.4, 0.5) is 0 Å². The summed E-state index contributed by atoms with van der Waals surface area (Å²) >= 11 is 1.85. The van der Waals surface area contributed by atoms with E-state index in [-0.39, 0.29) is 10.6 Å². The molecule has 0 unspecified atom stereocenters. The third-order valence-electron chi connectivity index (χ3n) is 3.73. The smallest absolute Gasteiger partial charge is 0.263 e. The number of nitrogens with zero attached hydrogens (tertiary/aromatic N) is 1. The Hall–Kier alpha value is -1.64. The quantitative estimate of drug-likeness (QED) is 0.458. The van der Waals surface area contributed by atoms with Crippen molar-refractivity contribution in [3.63, 3.8) is 0 Å². The molecule has 23 heavy (non-hydrogen) atoms. The summed E-state index contributed by atoms with van der Waals surface area (Å²) in [4.78, 5) is 1.14. The van der Waals surface area contributed by atoms with Gasteiger partial charge in [0, 0.05) is 13.3 Å². The van der Waals surface area contributed by atoms with Crippen molar-refractivity contribution in [2.45, 2.75) is 44.4 Å². The molecule has 2 aromatic rings. The van der Waals surface area contributed by atoms with Gasteiger partial charge in [-0.25, -0.2) is 14.3 Å². The van der Waals surface area contributed by atoms with E-state index in [1.807, 2.05) is 16.0 Å². The number of thiazole rings is 1. The molecule has 126 valence electrons. The molecule has 1 aromatic heterocycles. The number of benzene rings is 1. The maximum absolute atomic E-state index is 10.5. The van der Waals surface area contributed by atoms with Crippen molar-refractivity contribution in [3.8, 4) is 5.75 Å². The fourth-order valence-corrected chi connectivity index (χ4v) is 4.36. The lowest BCUT2D eigenvalue weighted by atomic mass is 10.0. The van der Waals surface area contributed by atoms with E-state index >= 15 is 0 Å². The lowest BCUT2D eigenvalue weighted by Crippen LogP contribution is -2.49. The van der Waals surface area contributed by atoms with Crippen molar-refractivity contribution in [1.29, 1.82) is 0 Å². The predicted molar refractivity (Wildman–Crippen MR) is 86.9 cm³/mol. The highest BCUT2D eigenvalue weighted by Gasteiger charge is 2.24. The number of fused-ring (bicyclic) bond motifs is 1. The molecule has 3 rings (SSSR count). The third kappa shape index (κ3) is 4.21. The van der Waals surface area contributed by atoms with Gasteiger partial charge in [-0.1, -0.05) is 22.1 Å². The molecule has 1 aliphatic carbocycles. The molecule has 1 aliphatic rings. The van der Waals surface area contributed by atoms with E-state index in [2.05, 4.69) is 6.92 Å². The maximum Gasteiger partial charge on any atom is 0.263 e.